The molecule has 2 saturated heterocycles. The van der Waals surface area contributed by atoms with Gasteiger partial charge in [-0.15, -0.1) is 12.4 Å². The second-order valence-corrected chi connectivity index (χ2v) is 6.83. The third kappa shape index (κ3) is 3.68. The minimum absolute atomic E-state index is 0. The summed E-state index contributed by atoms with van der Waals surface area (Å²) in [6, 6.07) is 4.39. The first-order valence-corrected chi connectivity index (χ1v) is 8.18. The first-order valence-electron chi connectivity index (χ1n) is 7.10. The zero-order valence-electron chi connectivity index (χ0n) is 11.6. The predicted molar refractivity (Wildman–Crippen MR) is 91.4 cm³/mol. The van der Waals surface area contributed by atoms with Gasteiger partial charge in [0.15, 0.2) is 0 Å². The van der Waals surface area contributed by atoms with Crippen molar-refractivity contribution in [3.8, 4) is 0 Å². The Bertz CT molecular complexity index is 514. The predicted octanol–water partition coefficient (Wildman–Crippen LogP) is 2.92. The summed E-state index contributed by atoms with van der Waals surface area (Å²) in [5.74, 6) is 1.17. The van der Waals surface area contributed by atoms with Crippen LogP contribution in [0, 0.1) is 21.2 Å². The molecule has 2 aliphatic rings. The van der Waals surface area contributed by atoms with Crippen LogP contribution >= 0.6 is 35.0 Å². The van der Waals surface area contributed by atoms with Crippen LogP contribution in [0.5, 0.6) is 0 Å². The lowest BCUT2D eigenvalue weighted by molar-refractivity contribution is 0.0757. The van der Waals surface area contributed by atoms with Crippen molar-refractivity contribution in [3.05, 3.63) is 33.1 Å². The van der Waals surface area contributed by atoms with Gasteiger partial charge in [-0.2, -0.15) is 0 Å². The normalized spacial score (nSPS) is 25.0. The van der Waals surface area contributed by atoms with E-state index >= 15 is 0 Å². The van der Waals surface area contributed by atoms with Crippen molar-refractivity contribution in [1.82, 2.24) is 10.2 Å². The van der Waals surface area contributed by atoms with Crippen molar-refractivity contribution in [2.75, 3.05) is 26.2 Å². The van der Waals surface area contributed by atoms with E-state index in [1.165, 1.54) is 12.1 Å². The molecule has 1 aromatic carbocycles. The summed E-state index contributed by atoms with van der Waals surface area (Å²) < 4.78 is 13.8. The Morgan fingerprint density at radius 2 is 1.86 bits per heavy atom. The number of nitrogens with one attached hydrogen (secondary N) is 1. The first-order chi connectivity index (χ1) is 9.65. The molecule has 0 aromatic heterocycles. The topological polar surface area (TPSA) is 32.3 Å². The van der Waals surface area contributed by atoms with Crippen LogP contribution in [0.1, 0.15) is 23.2 Å². The molecule has 3 nitrogen and oxygen atoms in total. The smallest absolute Gasteiger partial charge is 0.254 e. The third-order valence-electron chi connectivity index (χ3n) is 4.47. The lowest BCUT2D eigenvalue weighted by Crippen LogP contribution is -2.33. The largest absolute Gasteiger partial charge is 0.339 e. The number of hydrogen-bond acceptors (Lipinski definition) is 2. The van der Waals surface area contributed by atoms with Crippen LogP contribution in [0.4, 0.5) is 4.39 Å². The average Bonchev–Trinajstić information content (AvgIpc) is 2.77. The molecular weight excluding hydrogens is 406 g/mol. The summed E-state index contributed by atoms with van der Waals surface area (Å²) in [5, 5.41) is 3.44. The SMILES string of the molecule is Cl.O=C(c1ccc(F)cc1I)N1CC[C@@H]2CNC[C@@H]2CC1. The van der Waals surface area contributed by atoms with Crippen LogP contribution in [-0.2, 0) is 0 Å². The van der Waals surface area contributed by atoms with E-state index in [1.807, 2.05) is 27.5 Å². The molecule has 0 unspecified atom stereocenters. The highest BCUT2D eigenvalue weighted by molar-refractivity contribution is 14.1. The Balaban J connectivity index is 0.00000161. The van der Waals surface area contributed by atoms with Gasteiger partial charge in [0.05, 0.1) is 5.56 Å². The third-order valence-corrected chi connectivity index (χ3v) is 5.36. The lowest BCUT2D eigenvalue weighted by atomic mass is 9.92. The zero-order valence-corrected chi connectivity index (χ0v) is 14.6. The second kappa shape index (κ2) is 7.24. The fourth-order valence-corrected chi connectivity index (χ4v) is 3.96. The van der Waals surface area contributed by atoms with E-state index < -0.39 is 0 Å². The Hall–Kier alpha value is -0.400. The fraction of sp³-hybridized carbons (Fsp3) is 0.533. The second-order valence-electron chi connectivity index (χ2n) is 5.67. The number of benzene rings is 1. The minimum atomic E-state index is -0.289. The van der Waals surface area contributed by atoms with Crippen molar-refractivity contribution >= 4 is 40.9 Å². The molecule has 21 heavy (non-hydrogen) atoms. The van der Waals surface area contributed by atoms with Crippen LogP contribution < -0.4 is 5.32 Å². The van der Waals surface area contributed by atoms with Crippen LogP contribution in [-0.4, -0.2) is 37.0 Å². The van der Waals surface area contributed by atoms with E-state index in [1.54, 1.807) is 6.07 Å². The number of hydrogen-bond donors (Lipinski definition) is 1. The van der Waals surface area contributed by atoms with E-state index in [0.717, 1.165) is 39.0 Å². The van der Waals surface area contributed by atoms with Crippen LogP contribution in [0.3, 0.4) is 0 Å². The van der Waals surface area contributed by atoms with Gasteiger partial charge in [0, 0.05) is 16.7 Å². The average molecular weight is 425 g/mol. The molecule has 2 heterocycles. The Morgan fingerprint density at radius 1 is 1.24 bits per heavy atom. The van der Waals surface area contributed by atoms with Crippen molar-refractivity contribution in [3.63, 3.8) is 0 Å². The molecule has 0 aliphatic carbocycles. The number of likely N-dealkylation sites (tertiary alicyclic amines) is 1. The lowest BCUT2D eigenvalue weighted by Gasteiger charge is -2.21. The summed E-state index contributed by atoms with van der Waals surface area (Å²) in [5.41, 5.74) is 0.622. The summed E-state index contributed by atoms with van der Waals surface area (Å²) in [6.45, 7) is 3.80. The molecule has 1 amide bonds. The van der Waals surface area contributed by atoms with Gasteiger partial charge in [-0.1, -0.05) is 0 Å². The van der Waals surface area contributed by atoms with Crippen LogP contribution in [0.2, 0.25) is 0 Å². The molecule has 0 radical (unpaired) electrons. The maximum atomic E-state index is 13.1. The summed E-state index contributed by atoms with van der Waals surface area (Å²) >= 11 is 2.04. The van der Waals surface area contributed by atoms with E-state index in [2.05, 4.69) is 5.32 Å². The molecule has 1 N–H and O–H groups in total. The van der Waals surface area contributed by atoms with Crippen LogP contribution in [0.25, 0.3) is 0 Å². The maximum absolute atomic E-state index is 13.1. The Kier molecular flexibility index (Phi) is 5.85. The van der Waals surface area contributed by atoms with Gasteiger partial charge in [0.2, 0.25) is 0 Å². The summed E-state index contributed by atoms with van der Waals surface area (Å²) in [6.07, 6.45) is 2.14. The maximum Gasteiger partial charge on any atom is 0.254 e. The van der Waals surface area contributed by atoms with Gasteiger partial charge < -0.3 is 10.2 Å². The summed E-state index contributed by atoms with van der Waals surface area (Å²) in [7, 11) is 0. The number of amides is 1. The van der Waals surface area contributed by atoms with Crippen molar-refractivity contribution in [2.45, 2.75) is 12.8 Å². The number of fused-ring (bicyclic) bond motifs is 1. The van der Waals surface area contributed by atoms with Crippen LogP contribution in [0.15, 0.2) is 18.2 Å². The van der Waals surface area contributed by atoms with Gasteiger partial charge in [-0.05, 0) is 78.6 Å². The highest BCUT2D eigenvalue weighted by Gasteiger charge is 2.31. The van der Waals surface area contributed by atoms with Crippen molar-refractivity contribution in [1.29, 1.82) is 0 Å². The summed E-state index contributed by atoms with van der Waals surface area (Å²) in [4.78, 5) is 14.5. The molecule has 2 fully saturated rings. The van der Waals surface area contributed by atoms with Crippen molar-refractivity contribution < 1.29 is 9.18 Å². The highest BCUT2D eigenvalue weighted by Crippen LogP contribution is 2.28. The van der Waals surface area contributed by atoms with E-state index in [-0.39, 0.29) is 24.1 Å². The molecule has 2 aliphatic heterocycles. The number of halogens is 3. The molecule has 2 atom stereocenters. The van der Waals surface area contributed by atoms with E-state index in [4.69, 9.17) is 0 Å². The molecule has 116 valence electrons. The number of nitrogens with zero attached hydrogens (tertiary/aromatic N) is 1. The number of carbonyl (C=O) groups excluding carboxylic acids is 1. The number of rotatable bonds is 1. The van der Waals surface area contributed by atoms with Gasteiger partial charge in [0.1, 0.15) is 5.82 Å². The van der Waals surface area contributed by atoms with E-state index in [9.17, 15) is 9.18 Å². The molecule has 6 heteroatoms. The Morgan fingerprint density at radius 3 is 2.43 bits per heavy atom. The molecule has 0 saturated carbocycles. The van der Waals surface area contributed by atoms with Crippen molar-refractivity contribution in [2.24, 2.45) is 11.8 Å². The Labute approximate surface area is 144 Å². The molecule has 1 aromatic rings. The number of carbonyl (C=O) groups is 1. The monoisotopic (exact) mass is 424 g/mol. The molecule has 0 bridgehead atoms. The molecule has 3 rings (SSSR count). The quantitative estimate of drug-likeness (QED) is 0.703. The molecular formula is C15H19ClFIN2O. The highest BCUT2D eigenvalue weighted by atomic mass is 127. The van der Waals surface area contributed by atoms with Gasteiger partial charge in [-0.25, -0.2) is 4.39 Å². The van der Waals surface area contributed by atoms with Gasteiger partial charge in [-0.3, -0.25) is 4.79 Å². The van der Waals surface area contributed by atoms with E-state index in [0.29, 0.717) is 21.0 Å². The first kappa shape index (κ1) is 17.0. The van der Waals surface area contributed by atoms with Gasteiger partial charge in [0.25, 0.3) is 5.91 Å². The van der Waals surface area contributed by atoms with Gasteiger partial charge >= 0.3 is 0 Å². The fourth-order valence-electron chi connectivity index (χ4n) is 3.25. The standard InChI is InChI=1S/C15H18FIN2O.ClH/c16-12-1-2-13(14(17)7-12)15(20)19-5-3-10-8-18-9-11(10)4-6-19;/h1-2,7,10-11,18H,3-6,8-9H2;1H/t10-,11+;. The minimum Gasteiger partial charge on any atom is -0.339 e. The molecule has 0 spiro atoms. The zero-order chi connectivity index (χ0) is 14.1.